The number of nitrogens with zero attached hydrogens (tertiary/aromatic N) is 6. The van der Waals surface area contributed by atoms with Crippen LogP contribution >= 0.6 is 0 Å². The van der Waals surface area contributed by atoms with Crippen LogP contribution in [0.5, 0.6) is 5.75 Å². The first kappa shape index (κ1) is 31.7. The molecule has 0 saturated carbocycles. The van der Waals surface area contributed by atoms with Crippen molar-refractivity contribution in [2.45, 2.75) is 43.8 Å². The quantitative estimate of drug-likeness (QED) is 0.299. The van der Waals surface area contributed by atoms with E-state index in [0.29, 0.717) is 53.9 Å². The van der Waals surface area contributed by atoms with Gasteiger partial charge in [-0.25, -0.2) is 19.4 Å². The Bertz CT molecular complexity index is 1550. The van der Waals surface area contributed by atoms with Crippen LogP contribution in [-0.4, -0.2) is 91.7 Å². The van der Waals surface area contributed by atoms with Gasteiger partial charge in [0, 0.05) is 56.8 Å². The SMILES string of the molecule is C=CC(=O)Nc1cc(Nc2cc(N3OCCC3c3cccc(F)c3)ncn2)c(OC)cc1N1CCC(N2CCC(N(C)C)C2)CC1. The third-order valence-corrected chi connectivity index (χ3v) is 9.29. The molecule has 1 aromatic heterocycles. The van der Waals surface area contributed by atoms with Gasteiger partial charge in [-0.15, -0.1) is 0 Å². The molecule has 0 spiro atoms. The van der Waals surface area contributed by atoms with Gasteiger partial charge in [0.2, 0.25) is 5.91 Å². The summed E-state index contributed by atoms with van der Waals surface area (Å²) in [5.41, 5.74) is 2.99. The molecule has 244 valence electrons. The molecule has 2 N–H and O–H groups in total. The smallest absolute Gasteiger partial charge is 0.247 e. The molecule has 6 rings (SSSR count). The number of carbonyl (C=O) groups excluding carboxylic acids is 1. The molecule has 3 fully saturated rings. The molecule has 12 heteroatoms. The molecule has 3 saturated heterocycles. The van der Waals surface area contributed by atoms with Crippen molar-refractivity contribution in [1.82, 2.24) is 19.8 Å². The zero-order valence-electron chi connectivity index (χ0n) is 26.8. The van der Waals surface area contributed by atoms with E-state index < -0.39 is 0 Å². The zero-order chi connectivity index (χ0) is 32.2. The van der Waals surface area contributed by atoms with Gasteiger partial charge in [0.15, 0.2) is 5.82 Å². The highest BCUT2D eigenvalue weighted by Crippen LogP contribution is 2.41. The van der Waals surface area contributed by atoms with E-state index in [1.54, 1.807) is 24.3 Å². The number of carbonyl (C=O) groups is 1. The molecule has 4 heterocycles. The Morgan fingerprint density at radius 1 is 1.09 bits per heavy atom. The number of rotatable bonds is 10. The monoisotopic (exact) mass is 630 g/mol. The fourth-order valence-electron chi connectivity index (χ4n) is 6.76. The maximum absolute atomic E-state index is 14.0. The average molecular weight is 631 g/mol. The fraction of sp³-hybridized carbons (Fsp3) is 0.441. The molecular weight excluding hydrogens is 587 g/mol. The third kappa shape index (κ3) is 6.93. The van der Waals surface area contributed by atoms with Gasteiger partial charge in [0.1, 0.15) is 23.7 Å². The van der Waals surface area contributed by atoms with Crippen molar-refractivity contribution in [3.8, 4) is 5.75 Å². The van der Waals surface area contributed by atoms with Crippen molar-refractivity contribution >= 4 is 34.6 Å². The Hall–Kier alpha value is -4.26. The lowest BCUT2D eigenvalue weighted by Gasteiger charge is -2.39. The number of hydrogen-bond donors (Lipinski definition) is 2. The van der Waals surface area contributed by atoms with E-state index in [1.165, 1.54) is 31.0 Å². The van der Waals surface area contributed by atoms with Crippen LogP contribution in [0.25, 0.3) is 0 Å². The minimum absolute atomic E-state index is 0.183. The number of hydrogen-bond acceptors (Lipinski definition) is 10. The minimum atomic E-state index is -0.294. The summed E-state index contributed by atoms with van der Waals surface area (Å²) < 4.78 is 19.8. The number of ether oxygens (including phenoxy) is 1. The second-order valence-electron chi connectivity index (χ2n) is 12.3. The van der Waals surface area contributed by atoms with Crippen LogP contribution in [0.1, 0.15) is 37.3 Å². The maximum Gasteiger partial charge on any atom is 0.247 e. The van der Waals surface area contributed by atoms with Crippen molar-refractivity contribution in [2.24, 2.45) is 0 Å². The molecule has 0 aliphatic carbocycles. The summed E-state index contributed by atoms with van der Waals surface area (Å²) in [6.07, 6.45) is 6.73. The summed E-state index contributed by atoms with van der Waals surface area (Å²) >= 11 is 0. The number of likely N-dealkylation sites (N-methyl/N-ethyl adjacent to an activating group) is 1. The van der Waals surface area contributed by atoms with E-state index in [4.69, 9.17) is 9.57 Å². The maximum atomic E-state index is 14.0. The average Bonchev–Trinajstić information content (AvgIpc) is 3.77. The number of benzene rings is 2. The van der Waals surface area contributed by atoms with Crippen LogP contribution in [0, 0.1) is 5.82 Å². The molecule has 2 aromatic carbocycles. The van der Waals surface area contributed by atoms with E-state index in [-0.39, 0.29) is 17.8 Å². The molecule has 1 amide bonds. The van der Waals surface area contributed by atoms with E-state index in [0.717, 1.165) is 50.3 Å². The van der Waals surface area contributed by atoms with E-state index in [2.05, 4.69) is 56.0 Å². The van der Waals surface area contributed by atoms with Crippen molar-refractivity contribution in [1.29, 1.82) is 0 Å². The predicted molar refractivity (Wildman–Crippen MR) is 178 cm³/mol. The second-order valence-corrected chi connectivity index (χ2v) is 12.3. The summed E-state index contributed by atoms with van der Waals surface area (Å²) in [4.78, 5) is 34.6. The molecular formula is C34H43FN8O3. The Morgan fingerprint density at radius 2 is 1.91 bits per heavy atom. The first-order chi connectivity index (χ1) is 22.3. The van der Waals surface area contributed by atoms with Crippen LogP contribution in [0.2, 0.25) is 0 Å². The summed E-state index contributed by atoms with van der Waals surface area (Å²) in [6.45, 7) is 8.14. The Kier molecular flexibility index (Phi) is 9.67. The topological polar surface area (TPSA) is 98.3 Å². The minimum Gasteiger partial charge on any atom is -0.494 e. The highest BCUT2D eigenvalue weighted by Gasteiger charge is 2.33. The molecule has 3 aliphatic rings. The number of halogens is 1. The zero-order valence-corrected chi connectivity index (χ0v) is 26.8. The molecule has 0 bridgehead atoms. The number of piperidine rings is 1. The van der Waals surface area contributed by atoms with E-state index >= 15 is 0 Å². The number of likely N-dealkylation sites (tertiary alicyclic amines) is 1. The van der Waals surface area contributed by atoms with Crippen molar-refractivity contribution in [3.63, 3.8) is 0 Å². The number of anilines is 5. The van der Waals surface area contributed by atoms with Crippen LogP contribution in [0.15, 0.2) is 61.4 Å². The first-order valence-corrected chi connectivity index (χ1v) is 15.9. The predicted octanol–water partition coefficient (Wildman–Crippen LogP) is 4.98. The molecule has 46 heavy (non-hydrogen) atoms. The molecule has 3 aliphatic heterocycles. The lowest BCUT2D eigenvalue weighted by atomic mass is 10.0. The highest BCUT2D eigenvalue weighted by molar-refractivity contribution is 6.02. The van der Waals surface area contributed by atoms with Gasteiger partial charge >= 0.3 is 0 Å². The van der Waals surface area contributed by atoms with Crippen molar-refractivity contribution in [2.75, 3.05) is 74.6 Å². The number of hydroxylamine groups is 1. The van der Waals surface area contributed by atoms with E-state index in [1.807, 2.05) is 18.2 Å². The fourth-order valence-corrected chi connectivity index (χ4v) is 6.76. The number of nitrogens with one attached hydrogen (secondary N) is 2. The first-order valence-electron chi connectivity index (χ1n) is 15.9. The molecule has 0 radical (unpaired) electrons. The molecule has 11 nitrogen and oxygen atoms in total. The highest BCUT2D eigenvalue weighted by atomic mass is 19.1. The number of aromatic nitrogens is 2. The summed E-state index contributed by atoms with van der Waals surface area (Å²) in [5.74, 6) is 1.07. The van der Waals surface area contributed by atoms with Gasteiger partial charge < -0.3 is 25.2 Å². The van der Waals surface area contributed by atoms with Crippen LogP contribution in [0.4, 0.5) is 33.1 Å². The van der Waals surface area contributed by atoms with Gasteiger partial charge in [0.05, 0.1) is 36.8 Å². The van der Waals surface area contributed by atoms with Crippen LogP contribution in [-0.2, 0) is 9.63 Å². The lowest BCUT2D eigenvalue weighted by Crippen LogP contribution is -2.45. The largest absolute Gasteiger partial charge is 0.494 e. The van der Waals surface area contributed by atoms with Crippen molar-refractivity contribution < 1.29 is 18.8 Å². The molecule has 3 aromatic rings. The summed E-state index contributed by atoms with van der Waals surface area (Å²) in [7, 11) is 5.95. The summed E-state index contributed by atoms with van der Waals surface area (Å²) in [5, 5.41) is 8.05. The Labute approximate surface area is 269 Å². The van der Waals surface area contributed by atoms with Crippen LogP contribution < -0.4 is 25.3 Å². The molecule has 2 atom stereocenters. The van der Waals surface area contributed by atoms with Gasteiger partial charge in [-0.2, -0.15) is 0 Å². The lowest BCUT2D eigenvalue weighted by molar-refractivity contribution is -0.111. The summed E-state index contributed by atoms with van der Waals surface area (Å²) in [6, 6.07) is 13.1. The number of methoxy groups -OCH3 is 1. The third-order valence-electron chi connectivity index (χ3n) is 9.29. The molecule has 2 unspecified atom stereocenters. The Balaban J connectivity index is 1.22. The van der Waals surface area contributed by atoms with Gasteiger partial charge in [-0.05, 0) is 63.2 Å². The van der Waals surface area contributed by atoms with Gasteiger partial charge in [0.25, 0.3) is 0 Å². The standard InChI is InChI=1S/C34H43FN8O3/c1-5-34(44)39-27-18-28(31(45-4)19-30(27)41-13-9-25(10-14-41)42-15-11-26(21-42)40(2)3)38-32-20-33(37-22-36-32)43-29(12-16-46-43)23-7-6-8-24(35)17-23/h5-8,17-20,22,25-26,29H,1,9-16,21H2,2-4H3,(H,39,44)(H,36,37,38). The van der Waals surface area contributed by atoms with Crippen molar-refractivity contribution in [3.05, 3.63) is 72.8 Å². The van der Waals surface area contributed by atoms with Crippen LogP contribution in [0.3, 0.4) is 0 Å². The van der Waals surface area contributed by atoms with Gasteiger partial charge in [-0.1, -0.05) is 18.7 Å². The Morgan fingerprint density at radius 3 is 2.63 bits per heavy atom. The van der Waals surface area contributed by atoms with Gasteiger partial charge in [-0.3, -0.25) is 14.5 Å². The normalized spacial score (nSPS) is 20.7. The second kappa shape index (κ2) is 14.0. The van der Waals surface area contributed by atoms with E-state index in [9.17, 15) is 9.18 Å². The number of amides is 1.